The summed E-state index contributed by atoms with van der Waals surface area (Å²) in [5, 5.41) is 14.2. The molecular formula is C23H29N5O3S. The number of amides is 3. The number of furan rings is 1. The molecule has 2 N–H and O–H groups in total. The van der Waals surface area contributed by atoms with Crippen molar-refractivity contribution in [1.29, 1.82) is 0 Å². The predicted molar refractivity (Wildman–Crippen MR) is 125 cm³/mol. The Hall–Kier alpha value is -3.07. The van der Waals surface area contributed by atoms with Crippen LogP contribution in [-0.4, -0.2) is 39.0 Å². The molecule has 0 unspecified atom stereocenters. The summed E-state index contributed by atoms with van der Waals surface area (Å²) >= 11 is 1.22. The normalized spacial score (nSPS) is 11.4. The Kier molecular flexibility index (Phi) is 7.74. The highest BCUT2D eigenvalue weighted by atomic mass is 32.2. The fraction of sp³-hybridized carbons (Fsp3) is 0.391. The molecule has 3 rings (SSSR count). The molecule has 0 bridgehead atoms. The van der Waals surface area contributed by atoms with E-state index in [4.69, 9.17) is 4.42 Å². The van der Waals surface area contributed by atoms with E-state index in [2.05, 4.69) is 53.7 Å². The van der Waals surface area contributed by atoms with Crippen LogP contribution in [0.2, 0.25) is 0 Å². The fourth-order valence-electron chi connectivity index (χ4n) is 3.00. The van der Waals surface area contributed by atoms with Crippen molar-refractivity contribution in [3.8, 4) is 11.4 Å². The summed E-state index contributed by atoms with van der Waals surface area (Å²) in [5.74, 6) is 1.08. The minimum absolute atomic E-state index is 0.0405. The van der Waals surface area contributed by atoms with Crippen molar-refractivity contribution in [3.63, 3.8) is 0 Å². The van der Waals surface area contributed by atoms with Gasteiger partial charge in [-0.2, -0.15) is 0 Å². The van der Waals surface area contributed by atoms with Crippen LogP contribution in [0.4, 0.5) is 4.79 Å². The first-order valence-electron chi connectivity index (χ1n) is 10.5. The minimum atomic E-state index is -0.492. The molecule has 2 heterocycles. The Labute approximate surface area is 192 Å². The number of benzene rings is 1. The summed E-state index contributed by atoms with van der Waals surface area (Å²) in [7, 11) is 0. The van der Waals surface area contributed by atoms with Gasteiger partial charge in [-0.1, -0.05) is 63.7 Å². The highest BCUT2D eigenvalue weighted by molar-refractivity contribution is 7.99. The molecule has 0 saturated carbocycles. The van der Waals surface area contributed by atoms with E-state index >= 15 is 0 Å². The van der Waals surface area contributed by atoms with E-state index in [0.717, 1.165) is 17.7 Å². The molecule has 0 saturated heterocycles. The summed E-state index contributed by atoms with van der Waals surface area (Å²) in [6.07, 6.45) is 2.42. The van der Waals surface area contributed by atoms with Gasteiger partial charge < -0.3 is 9.73 Å². The lowest BCUT2D eigenvalue weighted by Gasteiger charge is -2.19. The molecule has 1 aromatic carbocycles. The number of urea groups is 1. The molecule has 0 atom stereocenters. The van der Waals surface area contributed by atoms with Gasteiger partial charge in [0.25, 0.3) is 0 Å². The predicted octanol–water partition coefficient (Wildman–Crippen LogP) is 4.21. The second-order valence-corrected chi connectivity index (χ2v) is 9.33. The first-order chi connectivity index (χ1) is 15.3. The topological polar surface area (TPSA) is 102 Å². The Morgan fingerprint density at radius 3 is 2.50 bits per heavy atom. The number of aromatic nitrogens is 3. The third kappa shape index (κ3) is 6.23. The van der Waals surface area contributed by atoms with Crippen LogP contribution in [0.15, 0.2) is 52.2 Å². The number of imide groups is 1. The van der Waals surface area contributed by atoms with E-state index in [1.807, 2.05) is 35.8 Å². The lowest BCUT2D eigenvalue weighted by molar-refractivity contribution is -0.117. The van der Waals surface area contributed by atoms with Gasteiger partial charge in [0, 0.05) is 12.1 Å². The first-order valence-corrected chi connectivity index (χ1v) is 11.5. The molecule has 2 aromatic heterocycles. The van der Waals surface area contributed by atoms with Crippen molar-refractivity contribution in [2.45, 2.75) is 51.2 Å². The quantitative estimate of drug-likeness (QED) is 0.493. The van der Waals surface area contributed by atoms with Gasteiger partial charge in [0.2, 0.25) is 5.91 Å². The van der Waals surface area contributed by atoms with E-state index in [1.54, 1.807) is 6.26 Å². The van der Waals surface area contributed by atoms with E-state index in [-0.39, 0.29) is 11.2 Å². The Morgan fingerprint density at radius 2 is 1.88 bits per heavy atom. The maximum atomic E-state index is 12.2. The molecule has 9 heteroatoms. The van der Waals surface area contributed by atoms with Crippen LogP contribution in [0.3, 0.4) is 0 Å². The molecule has 3 amide bonds. The van der Waals surface area contributed by atoms with Crippen molar-refractivity contribution in [3.05, 3.63) is 54.0 Å². The Morgan fingerprint density at radius 1 is 1.12 bits per heavy atom. The smallest absolute Gasteiger partial charge is 0.321 e. The van der Waals surface area contributed by atoms with Gasteiger partial charge in [0.05, 0.1) is 18.6 Å². The van der Waals surface area contributed by atoms with Crippen LogP contribution < -0.4 is 10.6 Å². The average Bonchev–Trinajstić information content (AvgIpc) is 3.40. The van der Waals surface area contributed by atoms with Gasteiger partial charge in [0.15, 0.2) is 11.0 Å². The summed E-state index contributed by atoms with van der Waals surface area (Å²) in [6.45, 7) is 9.40. The lowest BCUT2D eigenvalue weighted by atomic mass is 9.87. The van der Waals surface area contributed by atoms with Gasteiger partial charge in [-0.05, 0) is 29.5 Å². The average molecular weight is 456 g/mol. The van der Waals surface area contributed by atoms with Crippen molar-refractivity contribution in [2.24, 2.45) is 0 Å². The minimum Gasteiger partial charge on any atom is -0.467 e. The van der Waals surface area contributed by atoms with Gasteiger partial charge in [0.1, 0.15) is 5.76 Å². The summed E-state index contributed by atoms with van der Waals surface area (Å²) in [5.41, 5.74) is 2.20. The van der Waals surface area contributed by atoms with Crippen molar-refractivity contribution in [1.82, 2.24) is 25.4 Å². The monoisotopic (exact) mass is 455 g/mol. The Balaban J connectivity index is 1.79. The van der Waals surface area contributed by atoms with Crippen LogP contribution in [-0.2, 0) is 16.8 Å². The second-order valence-electron chi connectivity index (χ2n) is 8.39. The third-order valence-corrected chi connectivity index (χ3v) is 5.71. The van der Waals surface area contributed by atoms with Gasteiger partial charge in [-0.3, -0.25) is 14.7 Å². The van der Waals surface area contributed by atoms with Crippen LogP contribution in [0.1, 0.15) is 45.4 Å². The van der Waals surface area contributed by atoms with Crippen LogP contribution in [0.5, 0.6) is 0 Å². The molecule has 0 fully saturated rings. The van der Waals surface area contributed by atoms with E-state index in [9.17, 15) is 9.59 Å². The molecule has 32 heavy (non-hydrogen) atoms. The molecule has 0 aliphatic rings. The molecule has 0 aliphatic carbocycles. The number of nitrogens with zero attached hydrogens (tertiary/aromatic N) is 3. The second kappa shape index (κ2) is 10.5. The van der Waals surface area contributed by atoms with Crippen molar-refractivity contribution in [2.75, 3.05) is 12.3 Å². The van der Waals surface area contributed by atoms with E-state index in [0.29, 0.717) is 24.1 Å². The van der Waals surface area contributed by atoms with Crippen LogP contribution >= 0.6 is 11.8 Å². The zero-order valence-electron chi connectivity index (χ0n) is 18.8. The number of rotatable bonds is 8. The third-order valence-electron chi connectivity index (χ3n) is 4.74. The number of carbonyl (C=O) groups excluding carboxylic acids is 2. The van der Waals surface area contributed by atoms with Gasteiger partial charge >= 0.3 is 6.03 Å². The molecule has 3 aromatic rings. The highest BCUT2D eigenvalue weighted by Crippen LogP contribution is 2.28. The van der Waals surface area contributed by atoms with E-state index < -0.39 is 11.9 Å². The zero-order chi connectivity index (χ0) is 23.1. The molecule has 0 radical (unpaired) electrons. The largest absolute Gasteiger partial charge is 0.467 e. The number of hydrogen-bond donors (Lipinski definition) is 2. The van der Waals surface area contributed by atoms with Crippen LogP contribution in [0.25, 0.3) is 11.4 Å². The number of nitrogens with one attached hydrogen (secondary N) is 2. The molecular weight excluding hydrogens is 426 g/mol. The molecule has 0 aliphatic heterocycles. The first kappa shape index (κ1) is 23.6. The SMILES string of the molecule is CCCNC(=O)NC(=O)CSc1nnc(-c2ccc(C(C)(C)C)cc2)n1Cc1ccco1. The molecule has 170 valence electrons. The summed E-state index contributed by atoms with van der Waals surface area (Å²) in [6, 6.07) is 11.5. The number of carbonyl (C=O) groups is 2. The van der Waals surface area contributed by atoms with Crippen molar-refractivity contribution < 1.29 is 14.0 Å². The zero-order valence-corrected chi connectivity index (χ0v) is 19.7. The standard InChI is InChI=1S/C23H29N5O3S/c1-5-12-24-21(30)25-19(29)15-32-22-27-26-20(28(22)14-18-7-6-13-31-18)16-8-10-17(11-9-16)23(2,3)4/h6-11,13H,5,12,14-15H2,1-4H3,(H2,24,25,29,30). The number of hydrogen-bond acceptors (Lipinski definition) is 6. The Bertz CT molecular complexity index is 1040. The molecule has 0 spiro atoms. The number of thioether (sulfide) groups is 1. The van der Waals surface area contributed by atoms with E-state index in [1.165, 1.54) is 17.3 Å². The maximum absolute atomic E-state index is 12.2. The van der Waals surface area contributed by atoms with Crippen LogP contribution in [0, 0.1) is 0 Å². The van der Waals surface area contributed by atoms with Gasteiger partial charge in [-0.15, -0.1) is 10.2 Å². The highest BCUT2D eigenvalue weighted by Gasteiger charge is 2.19. The van der Waals surface area contributed by atoms with Gasteiger partial charge in [-0.25, -0.2) is 4.79 Å². The van der Waals surface area contributed by atoms with Crippen molar-refractivity contribution >= 4 is 23.7 Å². The maximum Gasteiger partial charge on any atom is 0.321 e. The summed E-state index contributed by atoms with van der Waals surface area (Å²) in [4.78, 5) is 23.8. The molecule has 8 nitrogen and oxygen atoms in total. The summed E-state index contributed by atoms with van der Waals surface area (Å²) < 4.78 is 7.43. The lowest BCUT2D eigenvalue weighted by Crippen LogP contribution is -2.40. The fourth-order valence-corrected chi connectivity index (χ4v) is 3.74.